The second kappa shape index (κ2) is 6.22. The Morgan fingerprint density at radius 3 is 2.68 bits per heavy atom. The number of rotatable bonds is 5. The standard InChI is InChI=1S/C17H23N5/c1-4-5-9-20-10-11-21(13-20)16-7-6-8-17(18-16)22-15(3)12-14(2)19-22/h6-8,10-12H,4-5,9,13H2,1-3H3. The van der Waals surface area contributed by atoms with Crippen LogP contribution in [0.2, 0.25) is 0 Å². The van der Waals surface area contributed by atoms with Crippen LogP contribution in [0.15, 0.2) is 36.7 Å². The molecular weight excluding hydrogens is 274 g/mol. The highest BCUT2D eigenvalue weighted by Crippen LogP contribution is 2.19. The first-order chi connectivity index (χ1) is 10.7. The van der Waals surface area contributed by atoms with Crippen LogP contribution in [-0.2, 0) is 0 Å². The van der Waals surface area contributed by atoms with E-state index in [1.807, 2.05) is 29.8 Å². The van der Waals surface area contributed by atoms with Crippen LogP contribution in [-0.4, -0.2) is 32.9 Å². The minimum absolute atomic E-state index is 0.864. The molecule has 2 aromatic heterocycles. The van der Waals surface area contributed by atoms with E-state index in [1.54, 1.807) is 0 Å². The van der Waals surface area contributed by atoms with Gasteiger partial charge in [-0.25, -0.2) is 9.67 Å². The summed E-state index contributed by atoms with van der Waals surface area (Å²) in [5.41, 5.74) is 2.11. The van der Waals surface area contributed by atoms with Crippen molar-refractivity contribution < 1.29 is 0 Å². The Morgan fingerprint density at radius 1 is 1.14 bits per heavy atom. The molecule has 0 N–H and O–H groups in total. The molecule has 0 bridgehead atoms. The highest BCUT2D eigenvalue weighted by Gasteiger charge is 2.15. The third-order valence-corrected chi connectivity index (χ3v) is 3.83. The minimum atomic E-state index is 0.864. The summed E-state index contributed by atoms with van der Waals surface area (Å²) in [4.78, 5) is 9.25. The summed E-state index contributed by atoms with van der Waals surface area (Å²) in [7, 11) is 0. The molecule has 0 amide bonds. The zero-order valence-corrected chi connectivity index (χ0v) is 13.5. The van der Waals surface area contributed by atoms with Gasteiger partial charge in [-0.05, 0) is 38.5 Å². The molecule has 1 aliphatic rings. The molecule has 3 rings (SSSR count). The maximum absolute atomic E-state index is 4.76. The van der Waals surface area contributed by atoms with E-state index in [-0.39, 0.29) is 0 Å². The molecule has 0 saturated heterocycles. The number of anilines is 1. The topological polar surface area (TPSA) is 37.2 Å². The zero-order chi connectivity index (χ0) is 15.5. The fraction of sp³-hybridized carbons (Fsp3) is 0.412. The summed E-state index contributed by atoms with van der Waals surface area (Å²) >= 11 is 0. The van der Waals surface area contributed by atoms with Crippen molar-refractivity contribution in [1.29, 1.82) is 0 Å². The van der Waals surface area contributed by atoms with E-state index in [1.165, 1.54) is 12.8 Å². The Hall–Kier alpha value is -2.30. The fourth-order valence-electron chi connectivity index (χ4n) is 2.67. The molecule has 0 atom stereocenters. The van der Waals surface area contributed by atoms with Gasteiger partial charge in [-0.3, -0.25) is 0 Å². The lowest BCUT2D eigenvalue weighted by atomic mass is 10.3. The van der Waals surface area contributed by atoms with Crippen molar-refractivity contribution in [2.45, 2.75) is 33.6 Å². The third-order valence-electron chi connectivity index (χ3n) is 3.83. The van der Waals surface area contributed by atoms with Gasteiger partial charge in [0, 0.05) is 24.6 Å². The van der Waals surface area contributed by atoms with E-state index in [0.717, 1.165) is 36.2 Å². The molecule has 0 fully saturated rings. The first-order valence-corrected chi connectivity index (χ1v) is 7.87. The molecule has 0 unspecified atom stereocenters. The lowest BCUT2D eigenvalue weighted by Gasteiger charge is -2.20. The second-order valence-corrected chi connectivity index (χ2v) is 5.77. The Kier molecular flexibility index (Phi) is 4.13. The van der Waals surface area contributed by atoms with Crippen molar-refractivity contribution in [2.24, 2.45) is 0 Å². The van der Waals surface area contributed by atoms with E-state index >= 15 is 0 Å². The van der Waals surface area contributed by atoms with Gasteiger partial charge in [0.25, 0.3) is 0 Å². The van der Waals surface area contributed by atoms with Gasteiger partial charge in [0.2, 0.25) is 0 Å². The fourth-order valence-corrected chi connectivity index (χ4v) is 2.67. The Bertz CT molecular complexity index is 673. The molecule has 0 radical (unpaired) electrons. The molecule has 0 aliphatic carbocycles. The molecule has 22 heavy (non-hydrogen) atoms. The number of unbranched alkanes of at least 4 members (excludes halogenated alkanes) is 1. The Labute approximate surface area is 131 Å². The first kappa shape index (κ1) is 14.6. The predicted octanol–water partition coefficient (Wildman–Crippen LogP) is 3.23. The molecule has 2 aromatic rings. The van der Waals surface area contributed by atoms with Crippen LogP contribution >= 0.6 is 0 Å². The summed E-state index contributed by atoms with van der Waals surface area (Å²) in [6, 6.07) is 8.15. The first-order valence-electron chi connectivity index (χ1n) is 7.87. The zero-order valence-electron chi connectivity index (χ0n) is 13.5. The summed E-state index contributed by atoms with van der Waals surface area (Å²) in [6.45, 7) is 8.24. The molecule has 0 aromatic carbocycles. The lowest BCUT2D eigenvalue weighted by Crippen LogP contribution is -2.26. The van der Waals surface area contributed by atoms with E-state index in [0.29, 0.717) is 0 Å². The quantitative estimate of drug-likeness (QED) is 0.849. The van der Waals surface area contributed by atoms with Gasteiger partial charge in [0.1, 0.15) is 5.82 Å². The van der Waals surface area contributed by atoms with Crippen molar-refractivity contribution in [3.05, 3.63) is 48.1 Å². The maximum Gasteiger partial charge on any atom is 0.156 e. The molecule has 5 heteroatoms. The number of hydrogen-bond acceptors (Lipinski definition) is 4. The number of aryl methyl sites for hydroxylation is 2. The number of hydrogen-bond donors (Lipinski definition) is 0. The van der Waals surface area contributed by atoms with Crippen LogP contribution in [0.5, 0.6) is 0 Å². The Morgan fingerprint density at radius 2 is 1.95 bits per heavy atom. The SMILES string of the molecule is CCCCN1C=CN(c2cccc(-n3nc(C)cc3C)n2)C1. The van der Waals surface area contributed by atoms with Crippen molar-refractivity contribution >= 4 is 5.82 Å². The summed E-state index contributed by atoms with van der Waals surface area (Å²) in [5.74, 6) is 1.82. The van der Waals surface area contributed by atoms with Gasteiger partial charge in [-0.15, -0.1) is 0 Å². The smallest absolute Gasteiger partial charge is 0.156 e. The van der Waals surface area contributed by atoms with Gasteiger partial charge in [0.05, 0.1) is 12.4 Å². The normalized spacial score (nSPS) is 14.1. The molecule has 0 spiro atoms. The summed E-state index contributed by atoms with van der Waals surface area (Å²) in [5, 5.41) is 4.51. The van der Waals surface area contributed by atoms with E-state index in [9.17, 15) is 0 Å². The molecule has 5 nitrogen and oxygen atoms in total. The average Bonchev–Trinajstić information content (AvgIpc) is 3.12. The van der Waals surface area contributed by atoms with Gasteiger partial charge in [-0.1, -0.05) is 19.4 Å². The molecular formula is C17H23N5. The number of nitrogens with zero attached hydrogens (tertiary/aromatic N) is 5. The lowest BCUT2D eigenvalue weighted by molar-refractivity contribution is 0.395. The minimum Gasteiger partial charge on any atom is -0.358 e. The van der Waals surface area contributed by atoms with Crippen molar-refractivity contribution in [3.63, 3.8) is 0 Å². The summed E-state index contributed by atoms with van der Waals surface area (Å²) in [6.07, 6.45) is 6.68. The monoisotopic (exact) mass is 297 g/mol. The van der Waals surface area contributed by atoms with Gasteiger partial charge in [-0.2, -0.15) is 5.10 Å². The maximum atomic E-state index is 4.76. The molecule has 3 heterocycles. The second-order valence-electron chi connectivity index (χ2n) is 5.77. The van der Waals surface area contributed by atoms with Crippen molar-refractivity contribution in [1.82, 2.24) is 19.7 Å². The van der Waals surface area contributed by atoms with Gasteiger partial charge >= 0.3 is 0 Å². The van der Waals surface area contributed by atoms with Crippen LogP contribution in [0.3, 0.4) is 0 Å². The van der Waals surface area contributed by atoms with Crippen molar-refractivity contribution in [2.75, 3.05) is 18.1 Å². The summed E-state index contributed by atoms with van der Waals surface area (Å²) < 4.78 is 1.90. The van der Waals surface area contributed by atoms with E-state index in [4.69, 9.17) is 4.98 Å². The number of pyridine rings is 1. The predicted molar refractivity (Wildman–Crippen MR) is 88.9 cm³/mol. The highest BCUT2D eigenvalue weighted by atomic mass is 15.4. The van der Waals surface area contributed by atoms with Crippen LogP contribution < -0.4 is 4.90 Å². The largest absolute Gasteiger partial charge is 0.358 e. The van der Waals surface area contributed by atoms with Crippen molar-refractivity contribution in [3.8, 4) is 5.82 Å². The third kappa shape index (κ3) is 2.98. The molecule has 1 aliphatic heterocycles. The van der Waals surface area contributed by atoms with Crippen LogP contribution in [0.1, 0.15) is 31.2 Å². The highest BCUT2D eigenvalue weighted by molar-refractivity contribution is 5.46. The molecule has 116 valence electrons. The van der Waals surface area contributed by atoms with Crippen LogP contribution in [0.4, 0.5) is 5.82 Å². The average molecular weight is 297 g/mol. The van der Waals surface area contributed by atoms with Crippen LogP contribution in [0.25, 0.3) is 5.82 Å². The van der Waals surface area contributed by atoms with Crippen LogP contribution in [0, 0.1) is 13.8 Å². The Balaban J connectivity index is 1.78. The van der Waals surface area contributed by atoms with E-state index in [2.05, 4.69) is 47.2 Å². The van der Waals surface area contributed by atoms with Gasteiger partial charge < -0.3 is 9.80 Å². The van der Waals surface area contributed by atoms with Gasteiger partial charge in [0.15, 0.2) is 5.82 Å². The molecule has 0 saturated carbocycles. The van der Waals surface area contributed by atoms with E-state index < -0.39 is 0 Å². The number of aromatic nitrogens is 3.